The monoisotopic (exact) mass is 345 g/mol. The van der Waals surface area contributed by atoms with Crippen molar-refractivity contribution in [2.24, 2.45) is 0 Å². The fraction of sp³-hybridized carbons (Fsp3) is 0.227. The highest BCUT2D eigenvalue weighted by molar-refractivity contribution is 6.05. The van der Waals surface area contributed by atoms with Crippen molar-refractivity contribution in [2.45, 2.75) is 32.7 Å². The Morgan fingerprint density at radius 3 is 2.19 bits per heavy atom. The summed E-state index contributed by atoms with van der Waals surface area (Å²) in [6.45, 7) is 4.11. The molecule has 2 N–H and O–H groups in total. The molecule has 0 bridgehead atoms. The van der Waals surface area contributed by atoms with Gasteiger partial charge in [0.25, 0.3) is 5.91 Å². The van der Waals surface area contributed by atoms with Gasteiger partial charge in [0.15, 0.2) is 0 Å². The van der Waals surface area contributed by atoms with E-state index in [9.17, 15) is 4.79 Å². The van der Waals surface area contributed by atoms with Crippen LogP contribution in [-0.4, -0.2) is 10.5 Å². The maximum atomic E-state index is 12.7. The van der Waals surface area contributed by atoms with Crippen molar-refractivity contribution in [3.05, 3.63) is 77.6 Å². The van der Waals surface area contributed by atoms with E-state index in [1.807, 2.05) is 67.6 Å². The van der Waals surface area contributed by atoms with Gasteiger partial charge >= 0.3 is 0 Å². The van der Waals surface area contributed by atoms with Crippen LogP contribution >= 0.6 is 0 Å². The predicted octanol–water partition coefficient (Wildman–Crippen LogP) is 5.44. The maximum Gasteiger partial charge on any atom is 0.257 e. The number of hydrogen-bond donors (Lipinski definition) is 2. The van der Waals surface area contributed by atoms with Gasteiger partial charge in [0.05, 0.1) is 5.56 Å². The smallest absolute Gasteiger partial charge is 0.257 e. The van der Waals surface area contributed by atoms with E-state index < -0.39 is 0 Å². The van der Waals surface area contributed by atoms with Crippen molar-refractivity contribution in [3.8, 4) is 0 Å². The van der Waals surface area contributed by atoms with Crippen LogP contribution in [0.4, 0.5) is 17.1 Å². The first kappa shape index (κ1) is 16.5. The molecule has 1 fully saturated rings. The average Bonchev–Trinajstić information content (AvgIpc) is 3.42. The van der Waals surface area contributed by atoms with Gasteiger partial charge in [-0.05, 0) is 69.2 Å². The molecule has 3 aromatic rings. The molecule has 2 aromatic carbocycles. The van der Waals surface area contributed by atoms with E-state index in [4.69, 9.17) is 0 Å². The van der Waals surface area contributed by atoms with Crippen molar-refractivity contribution in [2.75, 3.05) is 10.6 Å². The molecular formula is C22H23N3O. The fourth-order valence-corrected chi connectivity index (χ4v) is 3.43. The van der Waals surface area contributed by atoms with Crippen LogP contribution in [0.1, 0.15) is 40.6 Å². The number of nitrogens with zero attached hydrogens (tertiary/aromatic N) is 1. The summed E-state index contributed by atoms with van der Waals surface area (Å²) >= 11 is 0. The quantitative estimate of drug-likeness (QED) is 0.647. The third kappa shape index (κ3) is 3.36. The van der Waals surface area contributed by atoms with Crippen molar-refractivity contribution >= 4 is 23.0 Å². The Balaban J connectivity index is 1.46. The van der Waals surface area contributed by atoms with Gasteiger partial charge < -0.3 is 15.2 Å². The van der Waals surface area contributed by atoms with Gasteiger partial charge in [-0.2, -0.15) is 0 Å². The number of para-hydroxylation sites is 1. The minimum absolute atomic E-state index is 0.0474. The Labute approximate surface area is 153 Å². The number of rotatable bonds is 5. The topological polar surface area (TPSA) is 46.1 Å². The van der Waals surface area contributed by atoms with E-state index >= 15 is 0 Å². The lowest BCUT2D eigenvalue weighted by Gasteiger charge is -2.10. The van der Waals surface area contributed by atoms with Crippen molar-refractivity contribution < 1.29 is 4.79 Å². The molecule has 1 aliphatic rings. The summed E-state index contributed by atoms with van der Waals surface area (Å²) in [7, 11) is 0. The molecule has 0 spiro atoms. The Hall–Kier alpha value is -3.01. The second kappa shape index (κ2) is 6.71. The zero-order valence-corrected chi connectivity index (χ0v) is 15.1. The highest BCUT2D eigenvalue weighted by Crippen LogP contribution is 2.38. The molecule has 4 nitrogen and oxygen atoms in total. The first-order valence-electron chi connectivity index (χ1n) is 9.04. The number of amides is 1. The zero-order valence-electron chi connectivity index (χ0n) is 15.1. The van der Waals surface area contributed by atoms with Gasteiger partial charge in [0, 0.05) is 34.5 Å². The number of anilines is 3. The second-order valence-corrected chi connectivity index (χ2v) is 6.91. The van der Waals surface area contributed by atoms with Crippen LogP contribution in [0.15, 0.2) is 60.7 Å². The summed E-state index contributed by atoms with van der Waals surface area (Å²) in [6, 6.07) is 20.4. The van der Waals surface area contributed by atoms with E-state index in [0.29, 0.717) is 6.04 Å². The largest absolute Gasteiger partial charge is 0.356 e. The summed E-state index contributed by atoms with van der Waals surface area (Å²) in [4.78, 5) is 12.7. The zero-order chi connectivity index (χ0) is 18.1. The lowest BCUT2D eigenvalue weighted by atomic mass is 10.2. The molecule has 4 heteroatoms. The van der Waals surface area contributed by atoms with Crippen LogP contribution in [0.5, 0.6) is 0 Å². The molecule has 0 unspecified atom stereocenters. The summed E-state index contributed by atoms with van der Waals surface area (Å²) in [5, 5.41) is 6.35. The highest BCUT2D eigenvalue weighted by Gasteiger charge is 2.28. The van der Waals surface area contributed by atoms with Crippen molar-refractivity contribution in [1.82, 2.24) is 4.57 Å². The van der Waals surface area contributed by atoms with Crippen LogP contribution in [0.25, 0.3) is 0 Å². The molecule has 0 saturated heterocycles. The average molecular weight is 345 g/mol. The molecule has 4 rings (SSSR count). The molecular weight excluding hydrogens is 322 g/mol. The number of aromatic nitrogens is 1. The summed E-state index contributed by atoms with van der Waals surface area (Å²) in [5.74, 6) is -0.0474. The number of hydrogen-bond acceptors (Lipinski definition) is 2. The molecule has 1 saturated carbocycles. The van der Waals surface area contributed by atoms with E-state index in [-0.39, 0.29) is 5.91 Å². The molecule has 0 radical (unpaired) electrons. The van der Waals surface area contributed by atoms with E-state index in [0.717, 1.165) is 34.0 Å². The van der Waals surface area contributed by atoms with Crippen LogP contribution in [-0.2, 0) is 0 Å². The number of benzene rings is 2. The molecule has 26 heavy (non-hydrogen) atoms. The standard InChI is InChI=1S/C22H23N3O/c1-15-14-21(16(2)25(15)20-12-13-20)22(26)24-19-10-8-18(9-11-19)23-17-6-4-3-5-7-17/h3-11,14,20,23H,12-13H2,1-2H3,(H,24,26). The first-order valence-corrected chi connectivity index (χ1v) is 9.04. The predicted molar refractivity (Wildman–Crippen MR) is 106 cm³/mol. The molecule has 0 aliphatic heterocycles. The Kier molecular flexibility index (Phi) is 4.25. The SMILES string of the molecule is Cc1cc(C(=O)Nc2ccc(Nc3ccccc3)cc2)c(C)n1C1CC1. The number of carbonyl (C=O) groups excluding carboxylic acids is 1. The third-order valence-corrected chi connectivity index (χ3v) is 4.85. The lowest BCUT2D eigenvalue weighted by molar-refractivity contribution is 0.102. The van der Waals surface area contributed by atoms with Gasteiger partial charge in [-0.15, -0.1) is 0 Å². The van der Waals surface area contributed by atoms with Crippen LogP contribution in [0.3, 0.4) is 0 Å². The third-order valence-electron chi connectivity index (χ3n) is 4.85. The summed E-state index contributed by atoms with van der Waals surface area (Å²) in [6.07, 6.45) is 2.43. The molecule has 132 valence electrons. The minimum Gasteiger partial charge on any atom is -0.356 e. The van der Waals surface area contributed by atoms with Crippen molar-refractivity contribution in [3.63, 3.8) is 0 Å². The first-order chi connectivity index (χ1) is 12.6. The molecule has 1 amide bonds. The number of nitrogens with one attached hydrogen (secondary N) is 2. The van der Waals surface area contributed by atoms with Gasteiger partial charge in [-0.3, -0.25) is 4.79 Å². The normalized spacial score (nSPS) is 13.5. The lowest BCUT2D eigenvalue weighted by Crippen LogP contribution is -2.13. The van der Waals surface area contributed by atoms with Gasteiger partial charge in [0.1, 0.15) is 0 Å². The molecule has 0 atom stereocenters. The Morgan fingerprint density at radius 2 is 1.54 bits per heavy atom. The van der Waals surface area contributed by atoms with Gasteiger partial charge in [-0.1, -0.05) is 18.2 Å². The van der Waals surface area contributed by atoms with Gasteiger partial charge in [-0.25, -0.2) is 0 Å². The Bertz CT molecular complexity index is 922. The summed E-state index contributed by atoms with van der Waals surface area (Å²) < 4.78 is 2.29. The summed E-state index contributed by atoms with van der Waals surface area (Å²) in [5.41, 5.74) is 5.81. The number of aryl methyl sites for hydroxylation is 1. The minimum atomic E-state index is -0.0474. The van der Waals surface area contributed by atoms with Crippen LogP contribution < -0.4 is 10.6 Å². The van der Waals surface area contributed by atoms with E-state index in [1.165, 1.54) is 12.8 Å². The Morgan fingerprint density at radius 1 is 0.923 bits per heavy atom. The van der Waals surface area contributed by atoms with Crippen molar-refractivity contribution in [1.29, 1.82) is 0 Å². The fourth-order valence-electron chi connectivity index (χ4n) is 3.43. The van der Waals surface area contributed by atoms with Crippen LogP contribution in [0.2, 0.25) is 0 Å². The molecule has 1 aromatic heterocycles. The molecule has 1 aliphatic carbocycles. The maximum absolute atomic E-state index is 12.7. The van der Waals surface area contributed by atoms with E-state index in [1.54, 1.807) is 0 Å². The second-order valence-electron chi connectivity index (χ2n) is 6.91. The molecule has 1 heterocycles. The van der Waals surface area contributed by atoms with Crippen LogP contribution in [0, 0.1) is 13.8 Å². The van der Waals surface area contributed by atoms with Gasteiger partial charge in [0.2, 0.25) is 0 Å². The highest BCUT2D eigenvalue weighted by atomic mass is 16.1. The number of carbonyl (C=O) groups is 1. The van der Waals surface area contributed by atoms with E-state index in [2.05, 4.69) is 22.1 Å².